The van der Waals surface area contributed by atoms with Crippen LogP contribution in [0, 0.1) is 0 Å². The van der Waals surface area contributed by atoms with Crippen LogP contribution in [-0.2, 0) is 0 Å². The van der Waals surface area contributed by atoms with E-state index in [-0.39, 0.29) is 5.91 Å². The molecular weight excluding hydrogens is 308 g/mol. The zero-order chi connectivity index (χ0) is 13.2. The lowest BCUT2D eigenvalue weighted by Crippen LogP contribution is -2.34. The molecule has 2 N–H and O–H groups in total. The number of fused-ring (bicyclic) bond motifs is 1. The summed E-state index contributed by atoms with van der Waals surface area (Å²) in [5.74, 6) is 0.00745. The van der Waals surface area contributed by atoms with Gasteiger partial charge in [-0.2, -0.15) is 5.10 Å². The Hall–Kier alpha value is -1.40. The Labute approximate surface area is 119 Å². The zero-order valence-electron chi connectivity index (χ0n) is 10.4. The number of aromatic nitrogens is 2. The second-order valence-electron chi connectivity index (χ2n) is 4.66. The van der Waals surface area contributed by atoms with E-state index in [1.54, 1.807) is 0 Å². The normalized spacial score (nSPS) is 16.6. The standard InChI is InChI=1S/C13H15BrN4O/c14-9-2-3-11-10(8-9)12(17-16-11)13(19)18-6-1-4-15-5-7-18/h2-3,8,15H,1,4-7H2,(H,16,17). The van der Waals surface area contributed by atoms with E-state index >= 15 is 0 Å². The van der Waals surface area contributed by atoms with Gasteiger partial charge in [0.15, 0.2) is 5.69 Å². The molecule has 1 aliphatic rings. The van der Waals surface area contributed by atoms with Crippen molar-refractivity contribution in [2.75, 3.05) is 26.2 Å². The Bertz CT molecular complexity index is 602. The molecule has 0 radical (unpaired) electrons. The molecule has 1 amide bonds. The number of H-pyrrole nitrogens is 1. The second kappa shape index (κ2) is 5.30. The van der Waals surface area contributed by atoms with Gasteiger partial charge in [0.05, 0.1) is 5.52 Å². The molecule has 0 aliphatic carbocycles. The molecule has 1 aliphatic heterocycles. The Balaban J connectivity index is 1.94. The van der Waals surface area contributed by atoms with Crippen LogP contribution < -0.4 is 5.32 Å². The fourth-order valence-corrected chi connectivity index (χ4v) is 2.71. The molecule has 6 heteroatoms. The van der Waals surface area contributed by atoms with E-state index in [0.29, 0.717) is 5.69 Å². The minimum Gasteiger partial charge on any atom is -0.336 e. The smallest absolute Gasteiger partial charge is 0.275 e. The van der Waals surface area contributed by atoms with Crippen LogP contribution in [0.2, 0.25) is 0 Å². The van der Waals surface area contributed by atoms with Crippen LogP contribution in [-0.4, -0.2) is 47.2 Å². The van der Waals surface area contributed by atoms with Gasteiger partial charge in [0, 0.05) is 29.5 Å². The molecule has 1 aromatic heterocycles. The number of aromatic amines is 1. The monoisotopic (exact) mass is 322 g/mol. The van der Waals surface area contributed by atoms with Crippen LogP contribution >= 0.6 is 15.9 Å². The Morgan fingerprint density at radius 1 is 1.32 bits per heavy atom. The fourth-order valence-electron chi connectivity index (χ4n) is 2.35. The van der Waals surface area contributed by atoms with Gasteiger partial charge in [-0.25, -0.2) is 0 Å². The summed E-state index contributed by atoms with van der Waals surface area (Å²) in [6, 6.07) is 5.79. The predicted molar refractivity (Wildman–Crippen MR) is 77.2 cm³/mol. The minimum absolute atomic E-state index is 0.00745. The van der Waals surface area contributed by atoms with Gasteiger partial charge in [-0.05, 0) is 31.2 Å². The van der Waals surface area contributed by atoms with Crippen molar-refractivity contribution in [1.29, 1.82) is 0 Å². The highest BCUT2D eigenvalue weighted by molar-refractivity contribution is 9.10. The first-order chi connectivity index (χ1) is 9.25. The van der Waals surface area contributed by atoms with Gasteiger partial charge in [0.2, 0.25) is 0 Å². The number of carbonyl (C=O) groups is 1. The van der Waals surface area contributed by atoms with Crippen LogP contribution in [0.3, 0.4) is 0 Å². The van der Waals surface area contributed by atoms with E-state index < -0.39 is 0 Å². The molecule has 2 heterocycles. The topological polar surface area (TPSA) is 61.0 Å². The van der Waals surface area contributed by atoms with Crippen molar-refractivity contribution in [3.05, 3.63) is 28.4 Å². The van der Waals surface area contributed by atoms with Crippen LogP contribution in [0.1, 0.15) is 16.9 Å². The van der Waals surface area contributed by atoms with E-state index in [9.17, 15) is 4.79 Å². The highest BCUT2D eigenvalue weighted by Crippen LogP contribution is 2.22. The first kappa shape index (κ1) is 12.6. The molecule has 3 rings (SSSR count). The van der Waals surface area contributed by atoms with Crippen LogP contribution in [0.25, 0.3) is 10.9 Å². The zero-order valence-corrected chi connectivity index (χ0v) is 12.0. The molecule has 1 aromatic carbocycles. The van der Waals surface area contributed by atoms with Crippen LogP contribution in [0.4, 0.5) is 0 Å². The van der Waals surface area contributed by atoms with Crippen molar-refractivity contribution < 1.29 is 4.79 Å². The number of hydrogen-bond donors (Lipinski definition) is 2. The summed E-state index contributed by atoms with van der Waals surface area (Å²) >= 11 is 3.43. The Kier molecular flexibility index (Phi) is 3.52. The maximum atomic E-state index is 12.5. The third-order valence-corrected chi connectivity index (χ3v) is 3.85. The van der Waals surface area contributed by atoms with Crippen molar-refractivity contribution in [3.8, 4) is 0 Å². The summed E-state index contributed by atoms with van der Waals surface area (Å²) in [6.45, 7) is 3.34. The summed E-state index contributed by atoms with van der Waals surface area (Å²) < 4.78 is 0.952. The number of benzene rings is 1. The van der Waals surface area contributed by atoms with E-state index in [2.05, 4.69) is 31.4 Å². The van der Waals surface area contributed by atoms with Gasteiger partial charge in [-0.1, -0.05) is 15.9 Å². The summed E-state index contributed by atoms with van der Waals surface area (Å²) in [7, 11) is 0. The number of hydrogen-bond acceptors (Lipinski definition) is 3. The molecule has 19 heavy (non-hydrogen) atoms. The van der Waals surface area contributed by atoms with Crippen molar-refractivity contribution in [2.24, 2.45) is 0 Å². The summed E-state index contributed by atoms with van der Waals surface area (Å²) in [4.78, 5) is 14.4. The highest BCUT2D eigenvalue weighted by Gasteiger charge is 2.21. The molecule has 0 spiro atoms. The number of nitrogens with zero attached hydrogens (tertiary/aromatic N) is 2. The highest BCUT2D eigenvalue weighted by atomic mass is 79.9. The Morgan fingerprint density at radius 2 is 2.21 bits per heavy atom. The van der Waals surface area contributed by atoms with Crippen molar-refractivity contribution in [1.82, 2.24) is 20.4 Å². The molecule has 1 saturated heterocycles. The average Bonchev–Trinajstić information content (AvgIpc) is 2.64. The molecule has 0 bridgehead atoms. The molecule has 0 atom stereocenters. The molecule has 2 aromatic rings. The van der Waals surface area contributed by atoms with Gasteiger partial charge < -0.3 is 10.2 Å². The van der Waals surface area contributed by atoms with Crippen molar-refractivity contribution >= 4 is 32.7 Å². The van der Waals surface area contributed by atoms with Gasteiger partial charge in [-0.15, -0.1) is 0 Å². The van der Waals surface area contributed by atoms with Gasteiger partial charge in [-0.3, -0.25) is 9.89 Å². The number of nitrogens with one attached hydrogen (secondary N) is 2. The number of rotatable bonds is 1. The predicted octanol–water partition coefficient (Wildman–Crippen LogP) is 1.76. The molecule has 5 nitrogen and oxygen atoms in total. The second-order valence-corrected chi connectivity index (χ2v) is 5.57. The first-order valence-electron chi connectivity index (χ1n) is 6.39. The van der Waals surface area contributed by atoms with Gasteiger partial charge in [0.25, 0.3) is 5.91 Å². The van der Waals surface area contributed by atoms with E-state index in [4.69, 9.17) is 0 Å². The third-order valence-electron chi connectivity index (χ3n) is 3.35. The lowest BCUT2D eigenvalue weighted by Gasteiger charge is -2.18. The maximum Gasteiger partial charge on any atom is 0.275 e. The van der Waals surface area contributed by atoms with Gasteiger partial charge in [0.1, 0.15) is 0 Å². The van der Waals surface area contributed by atoms with Crippen molar-refractivity contribution in [3.63, 3.8) is 0 Å². The maximum absolute atomic E-state index is 12.5. The van der Waals surface area contributed by atoms with Crippen LogP contribution in [0.15, 0.2) is 22.7 Å². The minimum atomic E-state index is 0.00745. The van der Waals surface area contributed by atoms with E-state index in [0.717, 1.165) is 48.0 Å². The van der Waals surface area contributed by atoms with Crippen LogP contribution in [0.5, 0.6) is 0 Å². The quantitative estimate of drug-likeness (QED) is 0.841. The van der Waals surface area contributed by atoms with E-state index in [1.807, 2.05) is 23.1 Å². The molecule has 0 saturated carbocycles. The summed E-state index contributed by atoms with van der Waals surface area (Å²) in [5.41, 5.74) is 1.40. The fraction of sp³-hybridized carbons (Fsp3) is 0.385. The molecule has 1 fully saturated rings. The summed E-state index contributed by atoms with van der Waals surface area (Å²) in [6.07, 6.45) is 0.984. The largest absolute Gasteiger partial charge is 0.336 e. The lowest BCUT2D eigenvalue weighted by molar-refractivity contribution is 0.0762. The third kappa shape index (κ3) is 2.50. The number of halogens is 1. The molecule has 100 valence electrons. The van der Waals surface area contributed by atoms with E-state index in [1.165, 1.54) is 0 Å². The average molecular weight is 323 g/mol. The molecular formula is C13H15BrN4O. The molecule has 0 unspecified atom stereocenters. The Morgan fingerprint density at radius 3 is 3.11 bits per heavy atom. The number of carbonyl (C=O) groups excluding carboxylic acids is 1. The number of amides is 1. The summed E-state index contributed by atoms with van der Waals surface area (Å²) in [5, 5.41) is 11.3. The van der Waals surface area contributed by atoms with Crippen molar-refractivity contribution in [2.45, 2.75) is 6.42 Å². The first-order valence-corrected chi connectivity index (χ1v) is 7.18. The SMILES string of the molecule is O=C(c1n[nH]c2ccc(Br)cc12)N1CCCNCC1. The van der Waals surface area contributed by atoms with Gasteiger partial charge >= 0.3 is 0 Å². The lowest BCUT2D eigenvalue weighted by atomic mass is 10.2.